The Bertz CT molecular complexity index is 608. The number of benzene rings is 1. The first-order chi connectivity index (χ1) is 9.59. The number of nitrogens with one attached hydrogen (secondary N) is 1. The highest BCUT2D eigenvalue weighted by Gasteiger charge is 2.26. The van der Waals surface area contributed by atoms with Crippen molar-refractivity contribution < 1.29 is 22.7 Å². The molecule has 0 amide bonds. The molecule has 1 rings (SSSR count). The van der Waals surface area contributed by atoms with Gasteiger partial charge >= 0.3 is 0 Å². The van der Waals surface area contributed by atoms with Gasteiger partial charge in [0.2, 0.25) is 10.0 Å². The van der Waals surface area contributed by atoms with Crippen LogP contribution in [0.5, 0.6) is 0 Å². The van der Waals surface area contributed by atoms with Crippen molar-refractivity contribution in [1.82, 2.24) is 4.72 Å². The Morgan fingerprint density at radius 1 is 1.52 bits per heavy atom. The molecule has 0 heterocycles. The largest absolute Gasteiger partial charge is 0.398 e. The molecule has 9 heteroatoms. The van der Waals surface area contributed by atoms with Crippen LogP contribution in [-0.2, 0) is 14.8 Å². The first kappa shape index (κ1) is 18.3. The van der Waals surface area contributed by atoms with E-state index in [1.807, 2.05) is 0 Å². The molecule has 1 unspecified atom stereocenters. The summed E-state index contributed by atoms with van der Waals surface area (Å²) < 4.78 is 45.2. The van der Waals surface area contributed by atoms with Gasteiger partial charge in [0.1, 0.15) is 10.7 Å². The third-order valence-corrected chi connectivity index (χ3v) is 4.93. The lowest BCUT2D eigenvalue weighted by Crippen LogP contribution is -2.41. The summed E-state index contributed by atoms with van der Waals surface area (Å²) in [4.78, 5) is -0.564. The third-order valence-electron chi connectivity index (χ3n) is 2.83. The van der Waals surface area contributed by atoms with Crippen LogP contribution < -0.4 is 10.5 Å². The fourth-order valence-electron chi connectivity index (χ4n) is 1.49. The average Bonchev–Trinajstić information content (AvgIpc) is 2.38. The zero-order chi connectivity index (χ0) is 16.3. The number of aliphatic hydroxyl groups is 1. The molecule has 0 saturated carbocycles. The summed E-state index contributed by atoms with van der Waals surface area (Å²) in [6.07, 6.45) is 0.233. The maximum atomic E-state index is 13.8. The smallest absolute Gasteiger partial charge is 0.243 e. The van der Waals surface area contributed by atoms with Crippen LogP contribution in [0.3, 0.4) is 0 Å². The van der Waals surface area contributed by atoms with Crippen molar-refractivity contribution in [3.8, 4) is 0 Å². The quantitative estimate of drug-likeness (QED) is 0.613. The summed E-state index contributed by atoms with van der Waals surface area (Å²) in [6.45, 7) is 1.46. The number of nitrogens with two attached hydrogens (primary N) is 1. The van der Waals surface area contributed by atoms with Crippen LogP contribution in [0, 0.1) is 5.82 Å². The van der Waals surface area contributed by atoms with Crippen LogP contribution in [0.4, 0.5) is 10.1 Å². The maximum absolute atomic E-state index is 13.8. The van der Waals surface area contributed by atoms with E-state index in [9.17, 15) is 17.9 Å². The number of rotatable bonds is 7. The number of sulfonamides is 1. The zero-order valence-corrected chi connectivity index (χ0v) is 14.1. The van der Waals surface area contributed by atoms with Gasteiger partial charge in [-0.05, 0) is 35.0 Å². The minimum absolute atomic E-state index is 0.0999. The number of methoxy groups -OCH3 is 1. The van der Waals surface area contributed by atoms with E-state index >= 15 is 0 Å². The van der Waals surface area contributed by atoms with Crippen LogP contribution >= 0.6 is 15.9 Å². The van der Waals surface area contributed by atoms with Gasteiger partial charge < -0.3 is 15.6 Å². The molecule has 4 N–H and O–H groups in total. The van der Waals surface area contributed by atoms with E-state index in [1.165, 1.54) is 14.0 Å². The molecule has 0 saturated heterocycles. The molecule has 1 aromatic rings. The zero-order valence-electron chi connectivity index (χ0n) is 11.7. The fraction of sp³-hybridized carbons (Fsp3) is 0.500. The molecule has 1 atom stereocenters. The van der Waals surface area contributed by atoms with Crippen LogP contribution in [0.15, 0.2) is 21.5 Å². The van der Waals surface area contributed by atoms with Gasteiger partial charge in [-0.15, -0.1) is 0 Å². The van der Waals surface area contributed by atoms with E-state index in [4.69, 9.17) is 10.5 Å². The summed E-state index contributed by atoms with van der Waals surface area (Å²) in [5.74, 6) is -0.930. The summed E-state index contributed by atoms with van der Waals surface area (Å²) in [6, 6.07) is 2.00. The Morgan fingerprint density at radius 3 is 2.71 bits per heavy atom. The van der Waals surface area contributed by atoms with Crippen LogP contribution in [0.1, 0.15) is 13.3 Å². The van der Waals surface area contributed by atoms with Crippen molar-refractivity contribution in [1.29, 1.82) is 0 Å². The summed E-state index contributed by atoms with van der Waals surface area (Å²) >= 11 is 3.01. The normalized spacial score (nSPS) is 14.9. The second-order valence-corrected chi connectivity index (χ2v) is 7.46. The highest BCUT2D eigenvalue weighted by molar-refractivity contribution is 9.10. The number of hydrogen-bond acceptors (Lipinski definition) is 5. The van der Waals surface area contributed by atoms with Crippen molar-refractivity contribution in [2.24, 2.45) is 0 Å². The number of hydrogen-bond donors (Lipinski definition) is 3. The van der Waals surface area contributed by atoms with E-state index in [0.29, 0.717) is 0 Å². The molecule has 0 aromatic heterocycles. The van der Waals surface area contributed by atoms with E-state index in [0.717, 1.165) is 12.1 Å². The lowest BCUT2D eigenvalue weighted by Gasteiger charge is -2.23. The molecule has 0 radical (unpaired) electrons. The van der Waals surface area contributed by atoms with Crippen molar-refractivity contribution in [2.75, 3.05) is 26.0 Å². The van der Waals surface area contributed by atoms with Gasteiger partial charge in [-0.1, -0.05) is 0 Å². The SMILES string of the molecule is COCCC(C)(O)CNS(=O)(=O)c1cc(N)c(Br)cc1F. The lowest BCUT2D eigenvalue weighted by atomic mass is 10.0. The summed E-state index contributed by atoms with van der Waals surface area (Å²) in [5.41, 5.74) is 4.36. The Hall–Kier alpha value is -0.740. The molecule has 0 spiro atoms. The number of halogens is 2. The first-order valence-corrected chi connectivity index (χ1v) is 8.32. The van der Waals surface area contributed by atoms with Crippen molar-refractivity contribution in [2.45, 2.75) is 23.8 Å². The molecule has 0 fully saturated rings. The first-order valence-electron chi connectivity index (χ1n) is 6.04. The van der Waals surface area contributed by atoms with Gasteiger partial charge in [-0.2, -0.15) is 0 Å². The summed E-state index contributed by atoms with van der Waals surface area (Å²) in [7, 11) is -2.64. The van der Waals surface area contributed by atoms with Crippen LogP contribution in [0.25, 0.3) is 0 Å². The topological polar surface area (TPSA) is 102 Å². The van der Waals surface area contributed by atoms with Gasteiger partial charge in [-0.25, -0.2) is 17.5 Å². The number of anilines is 1. The van der Waals surface area contributed by atoms with Gasteiger partial charge in [0.15, 0.2) is 0 Å². The highest BCUT2D eigenvalue weighted by atomic mass is 79.9. The second kappa shape index (κ2) is 7.01. The maximum Gasteiger partial charge on any atom is 0.243 e. The van der Waals surface area contributed by atoms with Crippen LogP contribution in [0.2, 0.25) is 0 Å². The molecular weight excluding hydrogens is 367 g/mol. The molecule has 0 aliphatic carbocycles. The standard InChI is InChI=1S/C12H18BrFN2O4S/c1-12(17,3-4-20-2)7-16-21(18,19)11-6-10(15)8(13)5-9(11)14/h5-6,16-17H,3-4,7,15H2,1-2H3. The fourth-order valence-corrected chi connectivity index (χ4v) is 3.06. The van der Waals surface area contributed by atoms with Crippen LogP contribution in [-0.4, -0.2) is 39.4 Å². The number of ether oxygens (including phenoxy) is 1. The Kier molecular flexibility index (Phi) is 6.11. The Morgan fingerprint density at radius 2 is 2.14 bits per heavy atom. The van der Waals surface area contributed by atoms with Crippen molar-refractivity contribution >= 4 is 31.6 Å². The van der Waals surface area contributed by atoms with Gasteiger partial charge in [0.05, 0.1) is 5.60 Å². The minimum atomic E-state index is -4.12. The molecule has 0 bridgehead atoms. The Balaban J connectivity index is 2.90. The van der Waals surface area contributed by atoms with Gasteiger partial charge in [0.25, 0.3) is 0 Å². The van der Waals surface area contributed by atoms with Crippen molar-refractivity contribution in [3.63, 3.8) is 0 Å². The van der Waals surface area contributed by atoms with Gasteiger partial charge in [-0.3, -0.25) is 0 Å². The minimum Gasteiger partial charge on any atom is -0.398 e. The number of nitrogen functional groups attached to an aromatic ring is 1. The molecular formula is C12H18BrFN2O4S. The second-order valence-electron chi connectivity index (χ2n) is 4.87. The van der Waals surface area contributed by atoms with Gasteiger partial charge in [0, 0.05) is 36.8 Å². The van der Waals surface area contributed by atoms with E-state index in [1.54, 1.807) is 0 Å². The third kappa shape index (κ3) is 5.19. The van der Waals surface area contributed by atoms with E-state index in [2.05, 4.69) is 20.7 Å². The molecule has 120 valence electrons. The predicted octanol–water partition coefficient (Wildman–Crippen LogP) is 1.24. The molecule has 21 heavy (non-hydrogen) atoms. The Labute approximate surface area is 131 Å². The lowest BCUT2D eigenvalue weighted by molar-refractivity contribution is 0.0292. The van der Waals surface area contributed by atoms with E-state index < -0.39 is 26.3 Å². The molecule has 0 aliphatic rings. The predicted molar refractivity (Wildman–Crippen MR) is 80.8 cm³/mol. The average molecular weight is 385 g/mol. The molecule has 6 nitrogen and oxygen atoms in total. The van der Waals surface area contributed by atoms with Crippen molar-refractivity contribution in [3.05, 3.63) is 22.4 Å². The summed E-state index contributed by atoms with van der Waals surface area (Å²) in [5, 5.41) is 9.99. The highest BCUT2D eigenvalue weighted by Crippen LogP contribution is 2.26. The molecule has 1 aromatic carbocycles. The van der Waals surface area contributed by atoms with E-state index in [-0.39, 0.29) is 29.7 Å². The molecule has 0 aliphatic heterocycles. The monoisotopic (exact) mass is 384 g/mol.